The molecule has 4 saturated carbocycles. The van der Waals surface area contributed by atoms with Gasteiger partial charge in [0.2, 0.25) is 0 Å². The quantitative estimate of drug-likeness (QED) is 0.292. The molecule has 5 fully saturated rings. The van der Waals surface area contributed by atoms with Crippen molar-refractivity contribution in [3.05, 3.63) is 53.6 Å². The zero-order valence-electron chi connectivity index (χ0n) is 30.3. The molecule has 0 aromatic heterocycles. The second-order valence-corrected chi connectivity index (χ2v) is 18.1. The van der Waals surface area contributed by atoms with Gasteiger partial charge >= 0.3 is 5.97 Å². The van der Waals surface area contributed by atoms with E-state index in [1.807, 2.05) is 12.1 Å². The molecule has 0 radical (unpaired) electrons. The summed E-state index contributed by atoms with van der Waals surface area (Å²) in [7, 11) is 0. The maximum atomic E-state index is 11.5. The fourth-order valence-electron chi connectivity index (χ4n) is 13.6. The highest BCUT2D eigenvalue weighted by atomic mass is 16.5. The summed E-state index contributed by atoms with van der Waals surface area (Å²) in [5.74, 6) is 2.55. The number of rotatable bonds is 7. The highest BCUT2D eigenvalue weighted by Gasteiger charge is 2.70. The predicted octanol–water partition coefficient (Wildman–Crippen LogP) is 8.71. The van der Waals surface area contributed by atoms with Crippen LogP contribution in [0.2, 0.25) is 0 Å². The summed E-state index contributed by atoms with van der Waals surface area (Å²) in [6.07, 6.45) is 14.2. The summed E-state index contributed by atoms with van der Waals surface area (Å²) in [6, 6.07) is 7.65. The van der Waals surface area contributed by atoms with Crippen LogP contribution in [0.1, 0.15) is 115 Å². The van der Waals surface area contributed by atoms with Gasteiger partial charge in [0, 0.05) is 31.7 Å². The standard InChI is InChI=1S/C42H62N2O3/c1-28(2)31-14-19-42(43-22-23-44-24-26-47-27-25-44)21-20-40(6)33(36(31)42)12-13-35-39(5)17-15-32(29-8-10-30(11-9-29)37(45)46)38(3,4)34(39)16-18-41(35,40)7/h8-11,15,31,33-36,43H,1,12-14,16-27H2,2-7H3,(H,45,46). The van der Waals surface area contributed by atoms with Gasteiger partial charge in [0.05, 0.1) is 18.8 Å². The molecule has 1 saturated heterocycles. The maximum Gasteiger partial charge on any atom is 0.335 e. The minimum absolute atomic E-state index is 0.0411. The van der Waals surface area contributed by atoms with E-state index in [0.717, 1.165) is 51.7 Å². The molecule has 9 unspecified atom stereocenters. The number of nitrogens with one attached hydrogen (secondary N) is 1. The van der Waals surface area contributed by atoms with E-state index in [4.69, 9.17) is 4.74 Å². The number of fused-ring (bicyclic) bond motifs is 7. The van der Waals surface area contributed by atoms with Crippen LogP contribution in [-0.4, -0.2) is 60.9 Å². The van der Waals surface area contributed by atoms with Gasteiger partial charge in [-0.15, -0.1) is 0 Å². The van der Waals surface area contributed by atoms with Crippen molar-refractivity contribution in [1.29, 1.82) is 0 Å². The lowest BCUT2D eigenvalue weighted by Gasteiger charge is -2.72. The molecule has 2 N–H and O–H groups in total. The molecule has 5 aliphatic carbocycles. The molecule has 0 spiro atoms. The van der Waals surface area contributed by atoms with Crippen molar-refractivity contribution >= 4 is 11.5 Å². The first kappa shape index (κ1) is 33.5. The second kappa shape index (κ2) is 11.8. The van der Waals surface area contributed by atoms with Crippen LogP contribution in [0.5, 0.6) is 0 Å². The number of morpholine rings is 1. The lowest BCUT2D eigenvalue weighted by Crippen LogP contribution is -2.68. The minimum Gasteiger partial charge on any atom is -0.478 e. The maximum absolute atomic E-state index is 11.5. The lowest BCUT2D eigenvalue weighted by atomic mass is 9.33. The predicted molar refractivity (Wildman–Crippen MR) is 191 cm³/mol. The molecular formula is C42H62N2O3. The van der Waals surface area contributed by atoms with Gasteiger partial charge in [-0.1, -0.05) is 65.0 Å². The topological polar surface area (TPSA) is 61.8 Å². The van der Waals surface area contributed by atoms with Crippen molar-refractivity contribution in [3.63, 3.8) is 0 Å². The van der Waals surface area contributed by atoms with Gasteiger partial charge in [-0.25, -0.2) is 4.79 Å². The van der Waals surface area contributed by atoms with Gasteiger partial charge in [0.15, 0.2) is 0 Å². The third-order valence-corrected chi connectivity index (χ3v) is 16.1. The normalized spacial score (nSPS) is 42.8. The molecule has 9 atom stereocenters. The van der Waals surface area contributed by atoms with Crippen molar-refractivity contribution in [2.75, 3.05) is 39.4 Å². The van der Waals surface area contributed by atoms with Crippen LogP contribution in [0.3, 0.4) is 0 Å². The fraction of sp³-hybridized carbons (Fsp3) is 0.738. The van der Waals surface area contributed by atoms with E-state index in [-0.39, 0.29) is 16.4 Å². The summed E-state index contributed by atoms with van der Waals surface area (Å²) in [5.41, 5.74) is 5.63. The van der Waals surface area contributed by atoms with Crippen LogP contribution in [0.15, 0.2) is 42.5 Å². The summed E-state index contributed by atoms with van der Waals surface area (Å²) < 4.78 is 5.62. The van der Waals surface area contributed by atoms with Crippen LogP contribution in [0.4, 0.5) is 0 Å². The Morgan fingerprint density at radius 3 is 2.34 bits per heavy atom. The first-order chi connectivity index (χ1) is 22.3. The number of allylic oxidation sites excluding steroid dienone is 3. The summed E-state index contributed by atoms with van der Waals surface area (Å²) in [6.45, 7) is 26.2. The van der Waals surface area contributed by atoms with Crippen LogP contribution < -0.4 is 5.32 Å². The SMILES string of the molecule is C=C(C)C1CCC2(NCCN3CCOCC3)CCC3(C)C(CCC4C5(C)CC=C(c6ccc(C(=O)O)cc6)C(C)(C)C5CCC43C)C12. The van der Waals surface area contributed by atoms with Crippen molar-refractivity contribution in [2.45, 2.75) is 105 Å². The summed E-state index contributed by atoms with van der Waals surface area (Å²) >= 11 is 0. The van der Waals surface area contributed by atoms with E-state index in [9.17, 15) is 9.90 Å². The molecule has 6 aliphatic rings. The molecule has 7 rings (SSSR count). The largest absolute Gasteiger partial charge is 0.478 e. The molecule has 5 heteroatoms. The number of nitrogens with zero attached hydrogens (tertiary/aromatic N) is 1. The number of carboxylic acid groups (broad SMARTS) is 1. The second-order valence-electron chi connectivity index (χ2n) is 18.1. The smallest absolute Gasteiger partial charge is 0.335 e. The van der Waals surface area contributed by atoms with Crippen molar-refractivity contribution in [3.8, 4) is 0 Å². The van der Waals surface area contributed by atoms with Gasteiger partial charge in [-0.3, -0.25) is 4.90 Å². The van der Waals surface area contributed by atoms with Gasteiger partial charge < -0.3 is 15.2 Å². The van der Waals surface area contributed by atoms with E-state index in [0.29, 0.717) is 40.1 Å². The highest BCUT2D eigenvalue weighted by molar-refractivity contribution is 5.88. The Balaban J connectivity index is 1.17. The van der Waals surface area contributed by atoms with E-state index in [1.54, 1.807) is 12.1 Å². The molecule has 0 bridgehead atoms. The monoisotopic (exact) mass is 642 g/mol. The van der Waals surface area contributed by atoms with E-state index < -0.39 is 5.97 Å². The first-order valence-corrected chi connectivity index (χ1v) is 19.0. The lowest BCUT2D eigenvalue weighted by molar-refractivity contribution is -0.219. The highest BCUT2D eigenvalue weighted by Crippen LogP contribution is 2.76. The Morgan fingerprint density at radius 1 is 0.936 bits per heavy atom. The van der Waals surface area contributed by atoms with Gasteiger partial charge in [0.1, 0.15) is 0 Å². The van der Waals surface area contributed by atoms with Gasteiger partial charge in [-0.2, -0.15) is 0 Å². The number of hydrogen-bond acceptors (Lipinski definition) is 4. The number of hydrogen-bond donors (Lipinski definition) is 2. The Labute approximate surface area is 285 Å². The van der Waals surface area contributed by atoms with Gasteiger partial charge in [-0.05, 0) is 139 Å². The first-order valence-electron chi connectivity index (χ1n) is 19.0. The summed E-state index contributed by atoms with van der Waals surface area (Å²) in [5, 5.41) is 13.8. The van der Waals surface area contributed by atoms with Crippen LogP contribution in [-0.2, 0) is 4.74 Å². The molecule has 5 nitrogen and oxygen atoms in total. The molecular weight excluding hydrogens is 580 g/mol. The number of aromatic carboxylic acids is 1. The molecule has 1 aromatic rings. The van der Waals surface area contributed by atoms with Crippen molar-refractivity contribution in [1.82, 2.24) is 10.2 Å². The Bertz CT molecular complexity index is 1410. The van der Waals surface area contributed by atoms with E-state index in [1.165, 1.54) is 68.1 Å². The zero-order valence-corrected chi connectivity index (χ0v) is 30.3. The van der Waals surface area contributed by atoms with Crippen molar-refractivity contribution in [2.24, 2.45) is 51.2 Å². The van der Waals surface area contributed by atoms with Gasteiger partial charge in [0.25, 0.3) is 0 Å². The van der Waals surface area contributed by atoms with Crippen molar-refractivity contribution < 1.29 is 14.6 Å². The molecule has 47 heavy (non-hydrogen) atoms. The fourth-order valence-corrected chi connectivity index (χ4v) is 13.6. The molecule has 258 valence electrons. The van der Waals surface area contributed by atoms with Crippen LogP contribution in [0, 0.1) is 51.2 Å². The Morgan fingerprint density at radius 2 is 1.66 bits per heavy atom. The van der Waals surface area contributed by atoms with Crippen LogP contribution >= 0.6 is 0 Å². The molecule has 1 heterocycles. The zero-order chi connectivity index (χ0) is 33.4. The average molecular weight is 643 g/mol. The third-order valence-electron chi connectivity index (χ3n) is 16.1. The average Bonchev–Trinajstić information content (AvgIpc) is 3.42. The van der Waals surface area contributed by atoms with E-state index >= 15 is 0 Å². The van der Waals surface area contributed by atoms with E-state index in [2.05, 4.69) is 64.4 Å². The number of ether oxygens (including phenoxy) is 1. The number of carboxylic acids is 1. The molecule has 0 amide bonds. The Hall–Kier alpha value is -1.95. The molecule has 1 aliphatic heterocycles. The minimum atomic E-state index is -0.854. The summed E-state index contributed by atoms with van der Waals surface area (Å²) in [4.78, 5) is 14.1. The number of benzene rings is 1. The van der Waals surface area contributed by atoms with Crippen LogP contribution in [0.25, 0.3) is 5.57 Å². The third kappa shape index (κ3) is 5.06. The Kier molecular flexibility index (Phi) is 8.45. The number of carbonyl (C=O) groups is 1. The molecule has 1 aromatic carbocycles.